The van der Waals surface area contributed by atoms with Crippen molar-refractivity contribution in [2.45, 2.75) is 6.18 Å². The van der Waals surface area contributed by atoms with E-state index in [1.807, 2.05) is 0 Å². The van der Waals surface area contributed by atoms with Crippen molar-refractivity contribution in [3.05, 3.63) is 83.7 Å². The second-order valence-electron chi connectivity index (χ2n) is 5.74. The maximum atomic E-state index is 13.6. The van der Waals surface area contributed by atoms with Crippen LogP contribution in [0.15, 0.2) is 60.9 Å². The molecule has 28 heavy (non-hydrogen) atoms. The molecule has 0 bridgehead atoms. The standard InChI is InChI=1S/C19H12F5N3O/c20-13-3-6-17(16(21)8-13)27-18(28)11-7-15(10-25-9-11)26-14-4-1-12(2-5-14)19(22,23)24/h1-10,26H,(H,27,28). The van der Waals surface area contributed by atoms with Gasteiger partial charge in [-0.05, 0) is 42.5 Å². The topological polar surface area (TPSA) is 54.0 Å². The van der Waals surface area contributed by atoms with E-state index in [0.29, 0.717) is 17.4 Å². The van der Waals surface area contributed by atoms with Crippen molar-refractivity contribution < 1.29 is 26.7 Å². The molecule has 0 radical (unpaired) electrons. The highest BCUT2D eigenvalue weighted by Gasteiger charge is 2.29. The zero-order valence-corrected chi connectivity index (χ0v) is 14.0. The highest BCUT2D eigenvalue weighted by molar-refractivity contribution is 6.04. The van der Waals surface area contributed by atoms with Gasteiger partial charge >= 0.3 is 6.18 Å². The summed E-state index contributed by atoms with van der Waals surface area (Å²) in [6.07, 6.45) is -1.84. The van der Waals surface area contributed by atoms with Crippen LogP contribution in [0.25, 0.3) is 0 Å². The highest BCUT2D eigenvalue weighted by Crippen LogP contribution is 2.30. The molecule has 3 rings (SSSR count). The summed E-state index contributed by atoms with van der Waals surface area (Å²) in [5.41, 5.74) is -0.220. The molecule has 4 nitrogen and oxygen atoms in total. The molecule has 1 heterocycles. The number of halogens is 5. The SMILES string of the molecule is O=C(Nc1ccc(F)cc1F)c1cncc(Nc2ccc(C(F)(F)F)cc2)c1. The number of rotatable bonds is 4. The lowest BCUT2D eigenvalue weighted by Crippen LogP contribution is -2.13. The van der Waals surface area contributed by atoms with Gasteiger partial charge in [-0.1, -0.05) is 0 Å². The van der Waals surface area contributed by atoms with Crippen LogP contribution in [0.3, 0.4) is 0 Å². The second kappa shape index (κ2) is 7.63. The van der Waals surface area contributed by atoms with E-state index in [1.165, 1.54) is 30.6 Å². The highest BCUT2D eigenvalue weighted by atomic mass is 19.4. The quantitative estimate of drug-likeness (QED) is 0.586. The van der Waals surface area contributed by atoms with Gasteiger partial charge in [-0.15, -0.1) is 0 Å². The van der Waals surface area contributed by atoms with Crippen LogP contribution < -0.4 is 10.6 Å². The monoisotopic (exact) mass is 393 g/mol. The summed E-state index contributed by atoms with van der Waals surface area (Å²) in [6.45, 7) is 0. The predicted molar refractivity (Wildman–Crippen MR) is 93.3 cm³/mol. The van der Waals surface area contributed by atoms with Gasteiger partial charge in [0.2, 0.25) is 0 Å². The predicted octanol–water partition coefficient (Wildman–Crippen LogP) is 5.37. The van der Waals surface area contributed by atoms with Crippen LogP contribution in [0, 0.1) is 11.6 Å². The summed E-state index contributed by atoms with van der Waals surface area (Å²) >= 11 is 0. The molecular weight excluding hydrogens is 381 g/mol. The van der Waals surface area contributed by atoms with Crippen molar-refractivity contribution in [1.82, 2.24) is 4.98 Å². The molecule has 2 N–H and O–H groups in total. The molecule has 0 saturated heterocycles. The molecule has 0 aliphatic carbocycles. The van der Waals surface area contributed by atoms with Crippen LogP contribution in [-0.4, -0.2) is 10.9 Å². The Morgan fingerprint density at radius 2 is 1.61 bits per heavy atom. The van der Waals surface area contributed by atoms with Gasteiger partial charge < -0.3 is 10.6 Å². The molecular formula is C19H12F5N3O. The number of benzene rings is 2. The van der Waals surface area contributed by atoms with Gasteiger partial charge in [0, 0.05) is 18.0 Å². The van der Waals surface area contributed by atoms with Crippen LogP contribution in [0.1, 0.15) is 15.9 Å². The van der Waals surface area contributed by atoms with E-state index in [4.69, 9.17) is 0 Å². The molecule has 144 valence electrons. The first-order valence-electron chi connectivity index (χ1n) is 7.88. The third-order valence-electron chi connectivity index (χ3n) is 3.68. The van der Waals surface area contributed by atoms with E-state index in [0.717, 1.165) is 24.3 Å². The smallest absolute Gasteiger partial charge is 0.354 e. The molecule has 1 aromatic heterocycles. The van der Waals surface area contributed by atoms with Gasteiger partial charge in [0.05, 0.1) is 28.7 Å². The number of carbonyl (C=O) groups excluding carboxylic acids is 1. The van der Waals surface area contributed by atoms with E-state index in [9.17, 15) is 26.7 Å². The average molecular weight is 393 g/mol. The number of nitrogens with zero attached hydrogens (tertiary/aromatic N) is 1. The third kappa shape index (κ3) is 4.61. The van der Waals surface area contributed by atoms with Gasteiger partial charge in [0.15, 0.2) is 0 Å². The Morgan fingerprint density at radius 3 is 2.25 bits per heavy atom. The summed E-state index contributed by atoms with van der Waals surface area (Å²) in [4.78, 5) is 16.1. The van der Waals surface area contributed by atoms with Crippen molar-refractivity contribution in [1.29, 1.82) is 0 Å². The number of amides is 1. The van der Waals surface area contributed by atoms with Crippen molar-refractivity contribution in [2.24, 2.45) is 0 Å². The van der Waals surface area contributed by atoms with Crippen molar-refractivity contribution in [2.75, 3.05) is 10.6 Å². The lowest BCUT2D eigenvalue weighted by Gasteiger charge is -2.11. The zero-order chi connectivity index (χ0) is 20.3. The van der Waals surface area contributed by atoms with E-state index in [2.05, 4.69) is 15.6 Å². The number of hydrogen-bond acceptors (Lipinski definition) is 3. The van der Waals surface area contributed by atoms with E-state index in [-0.39, 0.29) is 11.3 Å². The maximum Gasteiger partial charge on any atom is 0.416 e. The lowest BCUT2D eigenvalue weighted by atomic mass is 10.2. The average Bonchev–Trinajstić information content (AvgIpc) is 2.64. The van der Waals surface area contributed by atoms with Crippen LogP contribution in [0.5, 0.6) is 0 Å². The minimum atomic E-state index is -4.44. The minimum Gasteiger partial charge on any atom is -0.354 e. The number of hydrogen-bond donors (Lipinski definition) is 2. The molecule has 2 aromatic carbocycles. The first-order chi connectivity index (χ1) is 13.2. The Kier molecular flexibility index (Phi) is 5.25. The maximum absolute atomic E-state index is 13.6. The summed E-state index contributed by atoms with van der Waals surface area (Å²) in [5, 5.41) is 5.12. The molecule has 1 amide bonds. The molecule has 0 unspecified atom stereocenters. The fourth-order valence-corrected chi connectivity index (χ4v) is 2.33. The second-order valence-corrected chi connectivity index (χ2v) is 5.74. The molecule has 0 aliphatic heterocycles. The first kappa shape index (κ1) is 19.3. The Hall–Kier alpha value is -3.49. The van der Waals surface area contributed by atoms with Gasteiger partial charge in [0.25, 0.3) is 5.91 Å². The van der Waals surface area contributed by atoms with Crippen LogP contribution in [0.2, 0.25) is 0 Å². The third-order valence-corrected chi connectivity index (χ3v) is 3.68. The minimum absolute atomic E-state index is 0.0700. The number of carbonyl (C=O) groups is 1. The normalized spacial score (nSPS) is 11.2. The van der Waals surface area contributed by atoms with Crippen molar-refractivity contribution >= 4 is 23.0 Å². The van der Waals surface area contributed by atoms with Crippen LogP contribution in [0.4, 0.5) is 39.0 Å². The Bertz CT molecular complexity index is 1000. The Labute approximate surface area is 156 Å². The van der Waals surface area contributed by atoms with Gasteiger partial charge in [-0.3, -0.25) is 9.78 Å². The van der Waals surface area contributed by atoms with E-state index in [1.54, 1.807) is 0 Å². The lowest BCUT2D eigenvalue weighted by molar-refractivity contribution is -0.137. The van der Waals surface area contributed by atoms with Gasteiger partial charge in [0.1, 0.15) is 11.6 Å². The van der Waals surface area contributed by atoms with Gasteiger partial charge in [-0.25, -0.2) is 8.78 Å². The zero-order valence-electron chi connectivity index (χ0n) is 14.0. The summed E-state index contributed by atoms with van der Waals surface area (Å²) in [7, 11) is 0. The fourth-order valence-electron chi connectivity index (χ4n) is 2.33. The summed E-state index contributed by atoms with van der Waals surface area (Å²) in [6, 6.07) is 8.43. The van der Waals surface area contributed by atoms with Crippen molar-refractivity contribution in [3.8, 4) is 0 Å². The molecule has 9 heteroatoms. The van der Waals surface area contributed by atoms with E-state index >= 15 is 0 Å². The van der Waals surface area contributed by atoms with Crippen LogP contribution >= 0.6 is 0 Å². The van der Waals surface area contributed by atoms with Crippen LogP contribution in [-0.2, 0) is 6.18 Å². The molecule has 0 aliphatic rings. The number of pyridine rings is 1. The molecule has 3 aromatic rings. The number of alkyl halides is 3. The fraction of sp³-hybridized carbons (Fsp3) is 0.0526. The van der Waals surface area contributed by atoms with Crippen molar-refractivity contribution in [3.63, 3.8) is 0 Å². The first-order valence-corrected chi connectivity index (χ1v) is 7.88. The molecule has 0 saturated carbocycles. The molecule has 0 spiro atoms. The van der Waals surface area contributed by atoms with E-state index < -0.39 is 29.3 Å². The summed E-state index contributed by atoms with van der Waals surface area (Å²) < 4.78 is 64.4. The number of anilines is 3. The summed E-state index contributed by atoms with van der Waals surface area (Å²) in [5.74, 6) is -2.39. The number of aromatic nitrogens is 1. The largest absolute Gasteiger partial charge is 0.416 e. The number of nitrogens with one attached hydrogen (secondary N) is 2. The van der Waals surface area contributed by atoms with Gasteiger partial charge in [-0.2, -0.15) is 13.2 Å². The molecule has 0 fully saturated rings. The molecule has 0 atom stereocenters. The Morgan fingerprint density at radius 1 is 0.893 bits per heavy atom. The Balaban J connectivity index is 1.73.